The molecule has 0 radical (unpaired) electrons. The van der Waals surface area contributed by atoms with Crippen molar-refractivity contribution in [2.45, 2.75) is 32.2 Å². The summed E-state index contributed by atoms with van der Waals surface area (Å²) in [7, 11) is 1.73. The summed E-state index contributed by atoms with van der Waals surface area (Å²) in [6.45, 7) is 12.7. The lowest BCUT2D eigenvalue weighted by Crippen LogP contribution is -2.25. The van der Waals surface area contributed by atoms with Gasteiger partial charge >= 0.3 is 0 Å². The summed E-state index contributed by atoms with van der Waals surface area (Å²) >= 11 is 1.95. The van der Waals surface area contributed by atoms with Gasteiger partial charge in [-0.25, -0.2) is 0 Å². The third-order valence-electron chi connectivity index (χ3n) is 3.68. The standard InChI is InChI=1S/C17H30N2OS/c1-5-19(6-2)10-12-21-17-8-7-16(15(3)13-17)14-18-9-11-20-4/h7-8,13,18H,5-6,9-12,14H2,1-4H3. The van der Waals surface area contributed by atoms with E-state index < -0.39 is 0 Å². The van der Waals surface area contributed by atoms with Crippen LogP contribution in [0, 0.1) is 6.92 Å². The minimum Gasteiger partial charge on any atom is -0.383 e. The molecule has 0 aliphatic carbocycles. The first-order valence-electron chi connectivity index (χ1n) is 7.85. The molecule has 1 aromatic carbocycles. The maximum Gasteiger partial charge on any atom is 0.0587 e. The lowest BCUT2D eigenvalue weighted by atomic mass is 10.1. The number of nitrogens with one attached hydrogen (secondary N) is 1. The molecule has 0 spiro atoms. The second-order valence-electron chi connectivity index (χ2n) is 5.13. The molecule has 120 valence electrons. The predicted molar refractivity (Wildman–Crippen MR) is 93.3 cm³/mol. The van der Waals surface area contributed by atoms with Crippen LogP contribution in [0.3, 0.4) is 0 Å². The average Bonchev–Trinajstić information content (AvgIpc) is 2.50. The molecule has 0 aliphatic heterocycles. The number of nitrogens with zero attached hydrogens (tertiary/aromatic N) is 1. The molecule has 1 rings (SSSR count). The monoisotopic (exact) mass is 310 g/mol. The smallest absolute Gasteiger partial charge is 0.0587 e. The topological polar surface area (TPSA) is 24.5 Å². The zero-order valence-corrected chi connectivity index (χ0v) is 14.8. The van der Waals surface area contributed by atoms with Crippen LogP contribution in [0.4, 0.5) is 0 Å². The van der Waals surface area contributed by atoms with Gasteiger partial charge in [-0.15, -0.1) is 11.8 Å². The van der Waals surface area contributed by atoms with Crippen molar-refractivity contribution in [1.29, 1.82) is 0 Å². The summed E-state index contributed by atoms with van der Waals surface area (Å²) in [5.74, 6) is 1.16. The molecule has 0 amide bonds. The zero-order chi connectivity index (χ0) is 15.5. The SMILES string of the molecule is CCN(CC)CCSc1ccc(CNCCOC)c(C)c1. The summed E-state index contributed by atoms with van der Waals surface area (Å²) in [6, 6.07) is 6.79. The van der Waals surface area contributed by atoms with E-state index in [-0.39, 0.29) is 0 Å². The molecule has 0 atom stereocenters. The highest BCUT2D eigenvalue weighted by molar-refractivity contribution is 7.99. The molecular formula is C17H30N2OS. The Bertz CT molecular complexity index is 394. The highest BCUT2D eigenvalue weighted by atomic mass is 32.2. The van der Waals surface area contributed by atoms with Crippen molar-refractivity contribution in [3.8, 4) is 0 Å². The first kappa shape index (κ1) is 18.5. The summed E-state index contributed by atoms with van der Waals surface area (Å²) in [5.41, 5.74) is 2.74. The largest absolute Gasteiger partial charge is 0.383 e. The molecule has 3 nitrogen and oxygen atoms in total. The van der Waals surface area contributed by atoms with Crippen molar-refractivity contribution in [3.63, 3.8) is 0 Å². The van der Waals surface area contributed by atoms with Crippen LogP contribution in [-0.2, 0) is 11.3 Å². The van der Waals surface area contributed by atoms with E-state index in [1.807, 2.05) is 11.8 Å². The molecular weight excluding hydrogens is 280 g/mol. The van der Waals surface area contributed by atoms with Crippen LogP contribution in [0.25, 0.3) is 0 Å². The van der Waals surface area contributed by atoms with Gasteiger partial charge in [0.15, 0.2) is 0 Å². The molecule has 21 heavy (non-hydrogen) atoms. The van der Waals surface area contributed by atoms with Gasteiger partial charge in [-0.05, 0) is 43.3 Å². The fourth-order valence-corrected chi connectivity index (χ4v) is 3.20. The Kier molecular flexibility index (Phi) is 9.76. The van der Waals surface area contributed by atoms with Crippen LogP contribution >= 0.6 is 11.8 Å². The van der Waals surface area contributed by atoms with E-state index >= 15 is 0 Å². The Hall–Kier alpha value is -0.550. The second kappa shape index (κ2) is 11.1. The Balaban J connectivity index is 2.39. The van der Waals surface area contributed by atoms with Crippen molar-refractivity contribution >= 4 is 11.8 Å². The number of methoxy groups -OCH3 is 1. The van der Waals surface area contributed by atoms with Gasteiger partial charge in [-0.2, -0.15) is 0 Å². The molecule has 1 N–H and O–H groups in total. The normalized spacial score (nSPS) is 11.3. The van der Waals surface area contributed by atoms with Crippen LogP contribution in [0.2, 0.25) is 0 Å². The number of thioether (sulfide) groups is 1. The highest BCUT2D eigenvalue weighted by Crippen LogP contribution is 2.21. The number of benzene rings is 1. The highest BCUT2D eigenvalue weighted by Gasteiger charge is 2.03. The summed E-state index contributed by atoms with van der Waals surface area (Å²) in [5, 5.41) is 3.40. The number of hydrogen-bond donors (Lipinski definition) is 1. The molecule has 0 aromatic heterocycles. The van der Waals surface area contributed by atoms with E-state index in [0.29, 0.717) is 0 Å². The van der Waals surface area contributed by atoms with E-state index in [9.17, 15) is 0 Å². The number of rotatable bonds is 11. The van der Waals surface area contributed by atoms with E-state index in [2.05, 4.69) is 49.2 Å². The predicted octanol–water partition coefficient (Wildman–Crippen LogP) is 3.16. The van der Waals surface area contributed by atoms with Gasteiger partial charge in [-0.1, -0.05) is 19.9 Å². The first-order valence-corrected chi connectivity index (χ1v) is 8.84. The third kappa shape index (κ3) is 7.32. The summed E-state index contributed by atoms with van der Waals surface area (Å²) in [4.78, 5) is 3.84. The molecule has 0 saturated heterocycles. The fraction of sp³-hybridized carbons (Fsp3) is 0.647. The molecule has 0 aliphatic rings. The molecule has 0 bridgehead atoms. The van der Waals surface area contributed by atoms with Crippen LogP contribution in [0.5, 0.6) is 0 Å². The van der Waals surface area contributed by atoms with Crippen LogP contribution in [0.15, 0.2) is 23.1 Å². The molecule has 0 heterocycles. The Morgan fingerprint density at radius 2 is 2.00 bits per heavy atom. The van der Waals surface area contributed by atoms with Gasteiger partial charge < -0.3 is 15.0 Å². The van der Waals surface area contributed by atoms with Crippen molar-refractivity contribution in [2.75, 3.05) is 45.6 Å². The molecule has 0 fully saturated rings. The molecule has 0 unspecified atom stereocenters. The van der Waals surface area contributed by atoms with Crippen molar-refractivity contribution < 1.29 is 4.74 Å². The lowest BCUT2D eigenvalue weighted by Gasteiger charge is -2.17. The Labute approximate surface area is 134 Å². The zero-order valence-electron chi connectivity index (χ0n) is 13.9. The van der Waals surface area contributed by atoms with Crippen LogP contribution in [0.1, 0.15) is 25.0 Å². The maximum atomic E-state index is 5.04. The van der Waals surface area contributed by atoms with Crippen molar-refractivity contribution in [2.24, 2.45) is 0 Å². The minimum absolute atomic E-state index is 0.762. The van der Waals surface area contributed by atoms with Gasteiger partial charge in [0.25, 0.3) is 0 Å². The Morgan fingerprint density at radius 3 is 2.62 bits per heavy atom. The fourth-order valence-electron chi connectivity index (χ4n) is 2.19. The molecule has 0 saturated carbocycles. The Morgan fingerprint density at radius 1 is 1.24 bits per heavy atom. The number of ether oxygens (including phenoxy) is 1. The van der Waals surface area contributed by atoms with E-state index in [0.717, 1.165) is 45.1 Å². The minimum atomic E-state index is 0.762. The average molecular weight is 311 g/mol. The van der Waals surface area contributed by atoms with Crippen molar-refractivity contribution in [1.82, 2.24) is 10.2 Å². The quantitative estimate of drug-likeness (QED) is 0.501. The second-order valence-corrected chi connectivity index (χ2v) is 6.30. The van der Waals surface area contributed by atoms with Gasteiger partial charge in [-0.3, -0.25) is 0 Å². The molecule has 1 aromatic rings. The van der Waals surface area contributed by atoms with Gasteiger partial charge in [0.05, 0.1) is 6.61 Å². The summed E-state index contributed by atoms with van der Waals surface area (Å²) in [6.07, 6.45) is 0. The molecule has 4 heteroatoms. The first-order chi connectivity index (χ1) is 10.2. The third-order valence-corrected chi connectivity index (χ3v) is 4.66. The van der Waals surface area contributed by atoms with E-state index in [1.165, 1.54) is 16.0 Å². The number of hydrogen-bond acceptors (Lipinski definition) is 4. The van der Waals surface area contributed by atoms with E-state index in [1.54, 1.807) is 7.11 Å². The van der Waals surface area contributed by atoms with Crippen molar-refractivity contribution in [3.05, 3.63) is 29.3 Å². The summed E-state index contributed by atoms with van der Waals surface area (Å²) < 4.78 is 5.04. The van der Waals surface area contributed by atoms with E-state index in [4.69, 9.17) is 4.74 Å². The van der Waals surface area contributed by atoms with Crippen LogP contribution < -0.4 is 5.32 Å². The van der Waals surface area contributed by atoms with Gasteiger partial charge in [0, 0.05) is 37.4 Å². The maximum absolute atomic E-state index is 5.04. The van der Waals surface area contributed by atoms with Crippen LogP contribution in [-0.4, -0.2) is 50.5 Å². The van der Waals surface area contributed by atoms with Gasteiger partial charge in [0.2, 0.25) is 0 Å². The number of aryl methyl sites for hydroxylation is 1. The lowest BCUT2D eigenvalue weighted by molar-refractivity contribution is 0.199. The van der Waals surface area contributed by atoms with Gasteiger partial charge in [0.1, 0.15) is 0 Å².